The quantitative estimate of drug-likeness (QED) is 0.867. The zero-order valence-electron chi connectivity index (χ0n) is 10.8. The highest BCUT2D eigenvalue weighted by atomic mass is 79.9. The molecule has 0 bridgehead atoms. The van der Waals surface area contributed by atoms with Crippen LogP contribution in [0.3, 0.4) is 0 Å². The number of rotatable bonds is 4. The normalized spacial score (nSPS) is 17.9. The van der Waals surface area contributed by atoms with Gasteiger partial charge in [-0.2, -0.15) is 0 Å². The molecule has 1 heterocycles. The molecule has 1 aliphatic rings. The Kier molecular flexibility index (Phi) is 7.29. The van der Waals surface area contributed by atoms with E-state index in [1.165, 1.54) is 6.07 Å². The van der Waals surface area contributed by atoms with Gasteiger partial charge in [-0.15, -0.1) is 12.4 Å². The Hall–Kier alpha value is -0.300. The minimum atomic E-state index is -2.44. The van der Waals surface area contributed by atoms with Crippen molar-refractivity contribution in [3.8, 4) is 0 Å². The summed E-state index contributed by atoms with van der Waals surface area (Å²) in [6.45, 7) is 2.82. The number of alkyl halides is 2. The van der Waals surface area contributed by atoms with Crippen LogP contribution in [0.4, 0.5) is 13.2 Å². The third-order valence-electron chi connectivity index (χ3n) is 3.32. The fourth-order valence-electron chi connectivity index (χ4n) is 2.41. The second-order valence-electron chi connectivity index (χ2n) is 4.59. The second-order valence-corrected chi connectivity index (χ2v) is 5.51. The van der Waals surface area contributed by atoms with Gasteiger partial charge in [0.1, 0.15) is 5.82 Å². The van der Waals surface area contributed by atoms with E-state index in [1.54, 1.807) is 12.1 Å². The molecule has 1 aromatic rings. The first-order chi connectivity index (χ1) is 9.08. The van der Waals surface area contributed by atoms with Crippen LogP contribution in [0.2, 0.25) is 0 Å². The van der Waals surface area contributed by atoms with E-state index in [0.29, 0.717) is 23.1 Å². The molecule has 114 valence electrons. The Morgan fingerprint density at radius 3 is 2.45 bits per heavy atom. The van der Waals surface area contributed by atoms with Crippen molar-refractivity contribution in [2.45, 2.75) is 18.9 Å². The molecule has 1 N–H and O–H groups in total. The number of halogens is 5. The van der Waals surface area contributed by atoms with Gasteiger partial charge in [0, 0.05) is 48.7 Å². The Bertz CT molecular complexity index is 428. The molecule has 0 saturated carbocycles. The van der Waals surface area contributed by atoms with Gasteiger partial charge in [-0.25, -0.2) is 13.2 Å². The highest BCUT2D eigenvalue weighted by Crippen LogP contribution is 2.30. The van der Waals surface area contributed by atoms with Gasteiger partial charge in [-0.05, 0) is 12.1 Å². The predicted molar refractivity (Wildman–Crippen MR) is 79.2 cm³/mol. The minimum absolute atomic E-state index is 0. The summed E-state index contributed by atoms with van der Waals surface area (Å²) in [5.41, 5.74) is 0.352. The molecule has 2 rings (SSSR count). The molecule has 0 aromatic heterocycles. The van der Waals surface area contributed by atoms with Gasteiger partial charge in [0.2, 0.25) is 6.43 Å². The third-order valence-corrected chi connectivity index (χ3v) is 3.81. The fraction of sp³-hybridized carbons (Fsp3) is 0.538. The van der Waals surface area contributed by atoms with Crippen molar-refractivity contribution in [2.75, 3.05) is 26.2 Å². The molecule has 1 atom stereocenters. The number of nitrogens with one attached hydrogen (secondary N) is 1. The summed E-state index contributed by atoms with van der Waals surface area (Å²) in [4.78, 5) is 1.93. The van der Waals surface area contributed by atoms with E-state index in [-0.39, 0.29) is 18.8 Å². The molecule has 1 fully saturated rings. The summed E-state index contributed by atoms with van der Waals surface area (Å²) in [7, 11) is 0. The van der Waals surface area contributed by atoms with Crippen molar-refractivity contribution in [1.82, 2.24) is 10.2 Å². The number of benzene rings is 1. The monoisotopic (exact) mass is 372 g/mol. The van der Waals surface area contributed by atoms with Gasteiger partial charge in [0.05, 0.1) is 0 Å². The first kappa shape index (κ1) is 17.8. The van der Waals surface area contributed by atoms with Crippen LogP contribution in [-0.4, -0.2) is 37.5 Å². The Balaban J connectivity index is 0.00000200. The van der Waals surface area contributed by atoms with Crippen molar-refractivity contribution >= 4 is 28.3 Å². The molecule has 7 heteroatoms. The van der Waals surface area contributed by atoms with Crippen LogP contribution in [0, 0.1) is 5.82 Å². The molecule has 2 nitrogen and oxygen atoms in total. The lowest BCUT2D eigenvalue weighted by molar-refractivity contribution is 0.0725. The third kappa shape index (κ3) is 4.62. The summed E-state index contributed by atoms with van der Waals surface area (Å²) in [5.74, 6) is -0.432. The predicted octanol–water partition coefficient (Wildman–Crippen LogP) is 3.61. The average Bonchev–Trinajstić information content (AvgIpc) is 2.37. The average molecular weight is 374 g/mol. The van der Waals surface area contributed by atoms with E-state index in [4.69, 9.17) is 0 Å². The van der Waals surface area contributed by atoms with E-state index in [0.717, 1.165) is 13.1 Å². The molecule has 1 saturated heterocycles. The number of piperazine rings is 1. The molecule has 0 spiro atoms. The zero-order valence-corrected chi connectivity index (χ0v) is 13.2. The maximum atomic E-state index is 14.0. The summed E-state index contributed by atoms with van der Waals surface area (Å²) in [6.07, 6.45) is -2.78. The molecule has 20 heavy (non-hydrogen) atoms. The van der Waals surface area contributed by atoms with Gasteiger partial charge in [0.25, 0.3) is 0 Å². The van der Waals surface area contributed by atoms with Crippen LogP contribution in [0.5, 0.6) is 0 Å². The van der Waals surface area contributed by atoms with E-state index in [1.807, 2.05) is 4.90 Å². The largest absolute Gasteiger partial charge is 0.314 e. The van der Waals surface area contributed by atoms with Gasteiger partial charge < -0.3 is 5.32 Å². The molecule has 0 amide bonds. The highest BCUT2D eigenvalue weighted by Gasteiger charge is 2.27. The zero-order chi connectivity index (χ0) is 13.8. The van der Waals surface area contributed by atoms with E-state index >= 15 is 0 Å². The van der Waals surface area contributed by atoms with Gasteiger partial charge in [0.15, 0.2) is 0 Å². The van der Waals surface area contributed by atoms with Crippen LogP contribution in [0.1, 0.15) is 18.0 Å². The van der Waals surface area contributed by atoms with Crippen molar-refractivity contribution in [3.63, 3.8) is 0 Å². The van der Waals surface area contributed by atoms with Gasteiger partial charge in [-0.3, -0.25) is 4.90 Å². The maximum Gasteiger partial charge on any atom is 0.240 e. The Morgan fingerprint density at radius 1 is 1.25 bits per heavy atom. The van der Waals surface area contributed by atoms with Gasteiger partial charge >= 0.3 is 0 Å². The Labute approximate surface area is 131 Å². The van der Waals surface area contributed by atoms with Crippen molar-refractivity contribution in [1.29, 1.82) is 0 Å². The molecule has 1 aromatic carbocycles. The second kappa shape index (κ2) is 8.22. The molecular formula is C13H17BrClF3N2. The SMILES string of the molecule is Cl.Fc1cc(Br)ccc1[C@@H](CC(F)F)N1CCNCC1. The summed E-state index contributed by atoms with van der Waals surface area (Å²) >= 11 is 3.18. The first-order valence-electron chi connectivity index (χ1n) is 6.26. The van der Waals surface area contributed by atoms with Crippen LogP contribution in [-0.2, 0) is 0 Å². The maximum absolute atomic E-state index is 14.0. The smallest absolute Gasteiger partial charge is 0.240 e. The molecule has 0 radical (unpaired) electrons. The van der Waals surface area contributed by atoms with Crippen LogP contribution in [0.15, 0.2) is 22.7 Å². The Morgan fingerprint density at radius 2 is 1.90 bits per heavy atom. The summed E-state index contributed by atoms with van der Waals surface area (Å²) in [6, 6.07) is 4.05. The van der Waals surface area contributed by atoms with Crippen molar-refractivity contribution in [3.05, 3.63) is 34.1 Å². The lowest BCUT2D eigenvalue weighted by atomic mass is 10.0. The standard InChI is InChI=1S/C13H16BrF3N2.ClH/c14-9-1-2-10(11(15)7-9)12(8-13(16)17)19-5-3-18-4-6-19;/h1-2,7,12-13,18H,3-6,8H2;1H/t12-;/m1./s1. The van der Waals surface area contributed by atoms with E-state index < -0.39 is 18.3 Å². The van der Waals surface area contributed by atoms with Crippen molar-refractivity contribution < 1.29 is 13.2 Å². The summed E-state index contributed by atoms with van der Waals surface area (Å²) in [5, 5.41) is 3.17. The number of hydrogen-bond donors (Lipinski definition) is 1. The lowest BCUT2D eigenvalue weighted by Crippen LogP contribution is -2.45. The number of hydrogen-bond acceptors (Lipinski definition) is 2. The highest BCUT2D eigenvalue weighted by molar-refractivity contribution is 9.10. The minimum Gasteiger partial charge on any atom is -0.314 e. The molecular weight excluding hydrogens is 357 g/mol. The topological polar surface area (TPSA) is 15.3 Å². The molecule has 0 aliphatic carbocycles. The molecule has 1 aliphatic heterocycles. The van der Waals surface area contributed by atoms with E-state index in [9.17, 15) is 13.2 Å². The van der Waals surface area contributed by atoms with Gasteiger partial charge in [-0.1, -0.05) is 22.0 Å². The number of nitrogens with zero attached hydrogens (tertiary/aromatic N) is 1. The van der Waals surface area contributed by atoms with E-state index in [2.05, 4.69) is 21.2 Å². The first-order valence-corrected chi connectivity index (χ1v) is 7.05. The van der Waals surface area contributed by atoms with Crippen LogP contribution in [0.25, 0.3) is 0 Å². The lowest BCUT2D eigenvalue weighted by Gasteiger charge is -2.35. The summed E-state index contributed by atoms with van der Waals surface area (Å²) < 4.78 is 40.1. The fourth-order valence-corrected chi connectivity index (χ4v) is 2.74. The van der Waals surface area contributed by atoms with Crippen LogP contribution < -0.4 is 5.32 Å². The molecule has 0 unspecified atom stereocenters. The van der Waals surface area contributed by atoms with Crippen LogP contribution >= 0.6 is 28.3 Å². The van der Waals surface area contributed by atoms with Crippen molar-refractivity contribution in [2.24, 2.45) is 0 Å².